The monoisotopic (exact) mass is 255 g/mol. The van der Waals surface area contributed by atoms with Crippen LogP contribution in [0.25, 0.3) is 0 Å². The Balaban J connectivity index is 0.000000980. The normalized spacial score (nSPS) is 22.6. The molecule has 0 aliphatic heterocycles. The van der Waals surface area contributed by atoms with Gasteiger partial charge in [-0.3, -0.25) is 0 Å². The van der Waals surface area contributed by atoms with Gasteiger partial charge >= 0.3 is 0 Å². The van der Waals surface area contributed by atoms with Crippen LogP contribution in [-0.2, 0) is 5.41 Å². The van der Waals surface area contributed by atoms with E-state index in [9.17, 15) is 0 Å². The standard InChI is InChI=1S/C12H17N.BrH/c1-8-7-12(2,3)9-5-4-6-10(13)11(8)9;/h4-6,8H,7,13H2,1-3H3;1H. The number of halogens is 1. The predicted octanol–water partition coefficient (Wildman–Crippen LogP) is 3.63. The van der Waals surface area contributed by atoms with Crippen LogP contribution in [0, 0.1) is 0 Å². The number of anilines is 1. The summed E-state index contributed by atoms with van der Waals surface area (Å²) in [5.41, 5.74) is 10.1. The molecule has 0 saturated heterocycles. The molecule has 1 nitrogen and oxygen atoms in total. The van der Waals surface area contributed by atoms with Crippen molar-refractivity contribution in [1.82, 2.24) is 0 Å². The molecule has 1 aromatic rings. The van der Waals surface area contributed by atoms with E-state index >= 15 is 0 Å². The Morgan fingerprint density at radius 3 is 2.57 bits per heavy atom. The van der Waals surface area contributed by atoms with E-state index in [1.807, 2.05) is 6.07 Å². The van der Waals surface area contributed by atoms with Crippen molar-refractivity contribution in [2.24, 2.45) is 0 Å². The van der Waals surface area contributed by atoms with Gasteiger partial charge in [-0.15, -0.1) is 17.0 Å². The molecule has 1 atom stereocenters. The van der Waals surface area contributed by atoms with Crippen LogP contribution in [0.3, 0.4) is 0 Å². The quantitative estimate of drug-likeness (QED) is 0.705. The van der Waals surface area contributed by atoms with Gasteiger partial charge in [-0.05, 0) is 34.9 Å². The minimum Gasteiger partial charge on any atom is -0.398 e. The summed E-state index contributed by atoms with van der Waals surface area (Å²) in [4.78, 5) is 0. The molecule has 0 radical (unpaired) electrons. The maximum absolute atomic E-state index is 5.98. The first kappa shape index (κ1) is 11.6. The van der Waals surface area contributed by atoms with E-state index in [1.165, 1.54) is 17.5 Å². The highest BCUT2D eigenvalue weighted by Crippen LogP contribution is 2.47. The minimum atomic E-state index is 0. The zero-order valence-electron chi connectivity index (χ0n) is 9.00. The summed E-state index contributed by atoms with van der Waals surface area (Å²) in [5.74, 6) is 0.617. The average molecular weight is 256 g/mol. The summed E-state index contributed by atoms with van der Waals surface area (Å²) in [6, 6.07) is 6.29. The van der Waals surface area contributed by atoms with E-state index < -0.39 is 0 Å². The van der Waals surface area contributed by atoms with Crippen molar-refractivity contribution in [2.45, 2.75) is 38.5 Å². The second kappa shape index (κ2) is 3.58. The van der Waals surface area contributed by atoms with Gasteiger partial charge in [0.25, 0.3) is 0 Å². The Hall–Kier alpha value is -0.500. The van der Waals surface area contributed by atoms with E-state index in [0.29, 0.717) is 11.3 Å². The summed E-state index contributed by atoms with van der Waals surface area (Å²) in [5, 5.41) is 0. The molecule has 78 valence electrons. The van der Waals surface area contributed by atoms with Crippen molar-refractivity contribution in [3.05, 3.63) is 29.3 Å². The molecule has 0 spiro atoms. The number of hydrogen-bond acceptors (Lipinski definition) is 1. The lowest BCUT2D eigenvalue weighted by atomic mass is 9.86. The number of rotatable bonds is 0. The first-order chi connectivity index (χ1) is 6.02. The molecule has 1 aliphatic carbocycles. The molecule has 1 aliphatic rings. The van der Waals surface area contributed by atoms with E-state index in [-0.39, 0.29) is 17.0 Å². The molecular formula is C12H18BrN. The van der Waals surface area contributed by atoms with Crippen LogP contribution in [0.2, 0.25) is 0 Å². The van der Waals surface area contributed by atoms with Crippen LogP contribution in [0.15, 0.2) is 18.2 Å². The van der Waals surface area contributed by atoms with Gasteiger partial charge in [0.05, 0.1) is 0 Å². The fourth-order valence-electron chi connectivity index (χ4n) is 2.70. The lowest BCUT2D eigenvalue weighted by Gasteiger charge is -2.18. The van der Waals surface area contributed by atoms with Crippen molar-refractivity contribution < 1.29 is 0 Å². The van der Waals surface area contributed by atoms with Crippen LogP contribution in [0.5, 0.6) is 0 Å². The number of nitrogen functional groups attached to an aromatic ring is 1. The first-order valence-corrected chi connectivity index (χ1v) is 4.91. The van der Waals surface area contributed by atoms with Crippen LogP contribution < -0.4 is 5.73 Å². The summed E-state index contributed by atoms with van der Waals surface area (Å²) in [7, 11) is 0. The van der Waals surface area contributed by atoms with Crippen LogP contribution >= 0.6 is 17.0 Å². The fourth-order valence-corrected chi connectivity index (χ4v) is 2.70. The molecule has 0 heterocycles. The number of fused-ring (bicyclic) bond motifs is 1. The van der Waals surface area contributed by atoms with Gasteiger partial charge in [-0.2, -0.15) is 0 Å². The number of hydrogen-bond donors (Lipinski definition) is 1. The summed E-state index contributed by atoms with van der Waals surface area (Å²) in [6.07, 6.45) is 1.22. The molecule has 0 fully saturated rings. The highest BCUT2D eigenvalue weighted by Gasteiger charge is 2.35. The molecule has 14 heavy (non-hydrogen) atoms. The Kier molecular flexibility index (Phi) is 2.96. The molecule has 0 amide bonds. The molecule has 0 aromatic heterocycles. The Labute approximate surface area is 96.5 Å². The van der Waals surface area contributed by atoms with Crippen molar-refractivity contribution in [1.29, 1.82) is 0 Å². The fraction of sp³-hybridized carbons (Fsp3) is 0.500. The molecular weight excluding hydrogens is 238 g/mol. The highest BCUT2D eigenvalue weighted by molar-refractivity contribution is 8.93. The van der Waals surface area contributed by atoms with Gasteiger partial charge in [0.1, 0.15) is 0 Å². The molecule has 2 heteroatoms. The lowest BCUT2D eigenvalue weighted by Crippen LogP contribution is -2.11. The Morgan fingerprint density at radius 2 is 2.00 bits per heavy atom. The smallest absolute Gasteiger partial charge is 0.0352 e. The van der Waals surface area contributed by atoms with Crippen LogP contribution in [0.4, 0.5) is 5.69 Å². The van der Waals surface area contributed by atoms with Gasteiger partial charge in [0.2, 0.25) is 0 Å². The molecule has 1 aromatic carbocycles. The van der Waals surface area contributed by atoms with Crippen LogP contribution in [0.1, 0.15) is 44.2 Å². The van der Waals surface area contributed by atoms with Gasteiger partial charge in [-0.25, -0.2) is 0 Å². The maximum Gasteiger partial charge on any atom is 0.0352 e. The second-order valence-corrected chi connectivity index (χ2v) is 4.80. The van der Waals surface area contributed by atoms with Crippen molar-refractivity contribution in [3.8, 4) is 0 Å². The third kappa shape index (κ3) is 1.56. The van der Waals surface area contributed by atoms with Crippen molar-refractivity contribution in [3.63, 3.8) is 0 Å². The SMILES string of the molecule is Br.CC1CC(C)(C)c2cccc(N)c21. The zero-order valence-corrected chi connectivity index (χ0v) is 10.7. The number of nitrogens with two attached hydrogens (primary N) is 1. The average Bonchev–Trinajstić information content (AvgIpc) is 2.24. The predicted molar refractivity (Wildman–Crippen MR) is 67.2 cm³/mol. The van der Waals surface area contributed by atoms with E-state index in [0.717, 1.165) is 5.69 Å². The third-order valence-electron chi connectivity index (χ3n) is 3.18. The van der Waals surface area contributed by atoms with Gasteiger partial charge in [0, 0.05) is 5.69 Å². The molecule has 1 unspecified atom stereocenters. The summed E-state index contributed by atoms with van der Waals surface area (Å²) >= 11 is 0. The van der Waals surface area contributed by atoms with Gasteiger partial charge in [-0.1, -0.05) is 32.9 Å². The topological polar surface area (TPSA) is 26.0 Å². The lowest BCUT2D eigenvalue weighted by molar-refractivity contribution is 0.489. The molecule has 2 rings (SSSR count). The van der Waals surface area contributed by atoms with Crippen LogP contribution in [-0.4, -0.2) is 0 Å². The molecule has 0 saturated carbocycles. The van der Waals surface area contributed by atoms with E-state index in [4.69, 9.17) is 5.73 Å². The maximum atomic E-state index is 5.98. The first-order valence-electron chi connectivity index (χ1n) is 4.91. The second-order valence-electron chi connectivity index (χ2n) is 4.80. The van der Waals surface area contributed by atoms with Gasteiger partial charge in [0.15, 0.2) is 0 Å². The highest BCUT2D eigenvalue weighted by atomic mass is 79.9. The van der Waals surface area contributed by atoms with Crippen molar-refractivity contribution in [2.75, 3.05) is 5.73 Å². The third-order valence-corrected chi connectivity index (χ3v) is 3.18. The van der Waals surface area contributed by atoms with E-state index in [1.54, 1.807) is 0 Å². The molecule has 2 N–H and O–H groups in total. The van der Waals surface area contributed by atoms with Crippen molar-refractivity contribution >= 4 is 22.7 Å². The largest absolute Gasteiger partial charge is 0.398 e. The summed E-state index contributed by atoms with van der Waals surface area (Å²) < 4.78 is 0. The van der Waals surface area contributed by atoms with E-state index in [2.05, 4.69) is 32.9 Å². The Morgan fingerprint density at radius 1 is 1.36 bits per heavy atom. The number of benzene rings is 1. The summed E-state index contributed by atoms with van der Waals surface area (Å²) in [6.45, 7) is 6.87. The molecule has 0 bridgehead atoms. The minimum absolute atomic E-state index is 0. The van der Waals surface area contributed by atoms with Gasteiger partial charge < -0.3 is 5.73 Å². The Bertz CT molecular complexity index is 344. The zero-order chi connectivity index (χ0) is 9.64.